The summed E-state index contributed by atoms with van der Waals surface area (Å²) in [7, 11) is 0. The monoisotopic (exact) mass is 373 g/mol. The molecule has 1 N–H and O–H groups in total. The van der Waals surface area contributed by atoms with Gasteiger partial charge in [-0.25, -0.2) is 13.6 Å². The van der Waals surface area contributed by atoms with Crippen LogP contribution in [0.5, 0.6) is 5.75 Å². The van der Waals surface area contributed by atoms with E-state index in [2.05, 4.69) is 20.7 Å². The standard InChI is InChI=1S/C12H6BrF5O3/c13-5-1-4-2-7(11(19)20)9(12(16,17)18)21-8(4)6(3-5)10(14)15/h1-3,9-10H,(H,19,20)/t9-/m0/s1/i10D. The molecular formula is C12H6BrF5O3. The third kappa shape index (κ3) is 3.02. The van der Waals surface area contributed by atoms with Gasteiger partial charge in [-0.15, -0.1) is 0 Å². The summed E-state index contributed by atoms with van der Waals surface area (Å²) in [5, 5.41) is 8.85. The average molecular weight is 374 g/mol. The Morgan fingerprint density at radius 3 is 2.52 bits per heavy atom. The Kier molecular flexibility index (Phi) is 3.60. The molecule has 0 aromatic heterocycles. The van der Waals surface area contributed by atoms with Gasteiger partial charge in [-0.1, -0.05) is 15.9 Å². The number of carbonyl (C=O) groups is 1. The lowest BCUT2D eigenvalue weighted by atomic mass is 9.99. The van der Waals surface area contributed by atoms with Crippen molar-refractivity contribution in [1.82, 2.24) is 0 Å². The second kappa shape index (κ2) is 5.28. The van der Waals surface area contributed by atoms with E-state index in [0.717, 1.165) is 12.1 Å². The molecule has 1 aliphatic rings. The van der Waals surface area contributed by atoms with Crippen molar-refractivity contribution in [3.05, 3.63) is 33.3 Å². The molecule has 1 heterocycles. The molecule has 0 aliphatic carbocycles. The van der Waals surface area contributed by atoms with Crippen molar-refractivity contribution in [2.75, 3.05) is 0 Å². The van der Waals surface area contributed by atoms with Crippen LogP contribution in [0.25, 0.3) is 6.08 Å². The smallest absolute Gasteiger partial charge is 0.430 e. The number of fused-ring (bicyclic) bond motifs is 1. The van der Waals surface area contributed by atoms with Crippen molar-refractivity contribution in [2.24, 2.45) is 0 Å². The molecule has 0 fully saturated rings. The lowest BCUT2D eigenvalue weighted by molar-refractivity contribution is -0.187. The molecule has 3 nitrogen and oxygen atoms in total. The molecule has 1 aliphatic heterocycles. The summed E-state index contributed by atoms with van der Waals surface area (Å²) in [4.78, 5) is 10.9. The maximum Gasteiger partial charge on any atom is 0.430 e. The van der Waals surface area contributed by atoms with Gasteiger partial charge < -0.3 is 9.84 Å². The minimum Gasteiger partial charge on any atom is -0.478 e. The molecule has 0 bridgehead atoms. The van der Waals surface area contributed by atoms with E-state index in [0.29, 0.717) is 6.08 Å². The van der Waals surface area contributed by atoms with Crippen molar-refractivity contribution in [3.8, 4) is 5.75 Å². The van der Waals surface area contributed by atoms with Gasteiger partial charge in [0.1, 0.15) is 7.12 Å². The predicted octanol–water partition coefficient (Wildman–Crippen LogP) is 4.18. The first-order chi connectivity index (χ1) is 9.91. The normalized spacial score (nSPS) is 19.2. The van der Waals surface area contributed by atoms with Gasteiger partial charge in [-0.3, -0.25) is 0 Å². The van der Waals surface area contributed by atoms with E-state index in [1.807, 2.05) is 0 Å². The Morgan fingerprint density at radius 1 is 1.43 bits per heavy atom. The molecule has 1 aromatic rings. The summed E-state index contributed by atoms with van der Waals surface area (Å²) in [5.41, 5.74) is -2.50. The number of hydrogen-bond donors (Lipinski definition) is 1. The van der Waals surface area contributed by atoms with E-state index in [4.69, 9.17) is 6.48 Å². The number of halogens is 6. The molecule has 114 valence electrons. The van der Waals surface area contributed by atoms with Crippen molar-refractivity contribution < 1.29 is 38.0 Å². The Bertz CT molecular complexity index is 666. The molecule has 1 atom stereocenters. The van der Waals surface area contributed by atoms with Gasteiger partial charge in [0.25, 0.3) is 6.40 Å². The zero-order valence-electron chi connectivity index (χ0n) is 10.8. The van der Waals surface area contributed by atoms with Crippen molar-refractivity contribution in [2.45, 2.75) is 18.7 Å². The molecule has 0 radical (unpaired) electrons. The predicted molar refractivity (Wildman–Crippen MR) is 65.2 cm³/mol. The van der Waals surface area contributed by atoms with Crippen LogP contribution in [0.15, 0.2) is 22.2 Å². The van der Waals surface area contributed by atoms with Crippen molar-refractivity contribution >= 4 is 28.0 Å². The highest BCUT2D eigenvalue weighted by molar-refractivity contribution is 9.10. The Labute approximate surface area is 124 Å². The van der Waals surface area contributed by atoms with Gasteiger partial charge in [-0.2, -0.15) is 13.2 Å². The third-order valence-corrected chi connectivity index (χ3v) is 3.12. The fraction of sp³-hybridized carbons (Fsp3) is 0.250. The molecule has 0 saturated heterocycles. The van der Waals surface area contributed by atoms with E-state index < -0.39 is 41.5 Å². The summed E-state index contributed by atoms with van der Waals surface area (Å²) in [6.45, 7) is 0. The molecule has 21 heavy (non-hydrogen) atoms. The van der Waals surface area contributed by atoms with Crippen LogP contribution in [-0.2, 0) is 4.79 Å². The number of hydrogen-bond acceptors (Lipinski definition) is 2. The van der Waals surface area contributed by atoms with Crippen molar-refractivity contribution in [3.63, 3.8) is 0 Å². The van der Waals surface area contributed by atoms with Crippen molar-refractivity contribution in [1.29, 1.82) is 0 Å². The van der Waals surface area contributed by atoms with Crippen LogP contribution in [-0.4, -0.2) is 23.4 Å². The maximum atomic E-state index is 13.2. The number of ether oxygens (including phenoxy) is 1. The summed E-state index contributed by atoms with van der Waals surface area (Å²) in [5.74, 6) is -2.75. The number of aliphatic carboxylic acids is 1. The Balaban J connectivity index is 2.71. The minimum atomic E-state index is -5.11. The summed E-state index contributed by atoms with van der Waals surface area (Å²) in [6.07, 6.45) is -11.6. The lowest BCUT2D eigenvalue weighted by Gasteiger charge is -2.28. The quantitative estimate of drug-likeness (QED) is 0.791. The zero-order valence-corrected chi connectivity index (χ0v) is 11.4. The first kappa shape index (κ1) is 14.3. The zero-order chi connectivity index (χ0) is 16.9. The Morgan fingerprint density at radius 2 is 2.05 bits per heavy atom. The molecule has 1 aromatic carbocycles. The van der Waals surface area contributed by atoms with E-state index in [9.17, 15) is 26.7 Å². The van der Waals surface area contributed by atoms with Crippen LogP contribution in [0, 0.1) is 0 Å². The summed E-state index contributed by atoms with van der Waals surface area (Å²) in [6, 6.07) is 1.87. The molecule has 0 saturated carbocycles. The fourth-order valence-electron chi connectivity index (χ4n) is 1.84. The minimum absolute atomic E-state index is 0.0447. The van der Waals surface area contributed by atoms with Crippen LogP contribution in [0.4, 0.5) is 22.0 Å². The topological polar surface area (TPSA) is 46.5 Å². The molecule has 0 spiro atoms. The highest BCUT2D eigenvalue weighted by Gasteiger charge is 2.49. The van der Waals surface area contributed by atoms with Gasteiger partial charge >= 0.3 is 12.1 Å². The lowest BCUT2D eigenvalue weighted by Crippen LogP contribution is -2.40. The fourth-order valence-corrected chi connectivity index (χ4v) is 2.31. The second-order valence-electron chi connectivity index (χ2n) is 4.08. The maximum absolute atomic E-state index is 13.2. The van der Waals surface area contributed by atoms with E-state index in [1.54, 1.807) is 0 Å². The number of alkyl halides is 5. The number of carboxylic acid groups (broad SMARTS) is 1. The highest BCUT2D eigenvalue weighted by Crippen LogP contribution is 2.43. The van der Waals surface area contributed by atoms with Gasteiger partial charge in [0.15, 0.2) is 0 Å². The molecular weight excluding hydrogens is 367 g/mol. The molecule has 9 heteroatoms. The van der Waals surface area contributed by atoms with Gasteiger partial charge in [0.2, 0.25) is 6.10 Å². The van der Waals surface area contributed by atoms with E-state index >= 15 is 0 Å². The van der Waals surface area contributed by atoms with Crippen LogP contribution in [0.1, 0.15) is 18.9 Å². The second-order valence-corrected chi connectivity index (χ2v) is 4.99. The number of benzene rings is 1. The molecule has 0 amide bonds. The molecule has 2 rings (SSSR count). The largest absolute Gasteiger partial charge is 0.478 e. The van der Waals surface area contributed by atoms with E-state index in [1.165, 1.54) is 0 Å². The van der Waals surface area contributed by atoms with E-state index in [-0.39, 0.29) is 10.0 Å². The molecule has 0 unspecified atom stereocenters. The Hall–Kier alpha value is -1.64. The van der Waals surface area contributed by atoms with Crippen LogP contribution >= 0.6 is 15.9 Å². The van der Waals surface area contributed by atoms with Gasteiger partial charge in [0, 0.05) is 10.0 Å². The summed E-state index contributed by atoms with van der Waals surface area (Å²) < 4.78 is 76.4. The van der Waals surface area contributed by atoms with Crippen LogP contribution in [0.3, 0.4) is 0 Å². The van der Waals surface area contributed by atoms with Gasteiger partial charge in [-0.05, 0) is 18.2 Å². The average Bonchev–Trinajstić information content (AvgIpc) is 2.33. The number of rotatable bonds is 2. The summed E-state index contributed by atoms with van der Waals surface area (Å²) >= 11 is 2.87. The number of carboxylic acids is 1. The van der Waals surface area contributed by atoms with Gasteiger partial charge in [0.05, 0.1) is 11.1 Å². The van der Waals surface area contributed by atoms with Crippen LogP contribution in [0.2, 0.25) is 0 Å². The highest BCUT2D eigenvalue weighted by atomic mass is 79.9. The van der Waals surface area contributed by atoms with Crippen LogP contribution < -0.4 is 4.74 Å². The first-order valence-electron chi connectivity index (χ1n) is 5.81. The third-order valence-electron chi connectivity index (χ3n) is 2.66. The SMILES string of the molecule is [2H]C(F)(F)c1cc(Br)cc2c1O[C@H](C(F)(F)F)C(C(=O)O)=C2. The first-order valence-corrected chi connectivity index (χ1v) is 6.10.